The van der Waals surface area contributed by atoms with Gasteiger partial charge in [0.25, 0.3) is 0 Å². The van der Waals surface area contributed by atoms with Crippen molar-refractivity contribution in [2.75, 3.05) is 25.5 Å². The second-order valence-corrected chi connectivity index (χ2v) is 9.43. The van der Waals surface area contributed by atoms with Crippen molar-refractivity contribution in [3.8, 4) is 5.75 Å². The molecule has 0 saturated heterocycles. The molecule has 11 heteroatoms. The first-order valence-corrected chi connectivity index (χ1v) is 12.2. The van der Waals surface area contributed by atoms with E-state index in [-0.39, 0.29) is 42.3 Å². The third kappa shape index (κ3) is 8.40. The topological polar surface area (TPSA) is 69.7 Å². The summed E-state index contributed by atoms with van der Waals surface area (Å²) in [5.74, 6) is 1.22. The van der Waals surface area contributed by atoms with E-state index in [1.807, 2.05) is 19.2 Å². The van der Waals surface area contributed by atoms with E-state index < -0.39 is 6.36 Å². The summed E-state index contributed by atoms with van der Waals surface area (Å²) in [6.45, 7) is 3.57. The molecule has 0 spiro atoms. The molecule has 2 aromatic rings. The molecule has 2 aromatic carbocycles. The van der Waals surface area contributed by atoms with Crippen LogP contribution in [-0.4, -0.2) is 38.5 Å². The lowest BCUT2D eigenvalue weighted by Crippen LogP contribution is -2.57. The van der Waals surface area contributed by atoms with Gasteiger partial charge in [-0.2, -0.15) is 0 Å². The highest BCUT2D eigenvalue weighted by Crippen LogP contribution is 2.31. The molecule has 2 aliphatic rings. The van der Waals surface area contributed by atoms with Crippen LogP contribution in [0.3, 0.4) is 0 Å². The van der Waals surface area contributed by atoms with E-state index in [1.54, 1.807) is 18.2 Å². The fourth-order valence-corrected chi connectivity index (χ4v) is 4.88. The van der Waals surface area contributed by atoms with Gasteiger partial charge in [0.05, 0.1) is 6.04 Å². The number of guanidine groups is 1. The molecule has 1 aliphatic carbocycles. The number of rotatable bonds is 8. The zero-order valence-corrected chi connectivity index (χ0v) is 22.7. The molecule has 1 atom stereocenters. The Morgan fingerprint density at radius 3 is 2.41 bits per heavy atom. The maximum atomic E-state index is 12.6. The Balaban J connectivity index is 0.00000241. The Kier molecular flexibility index (Phi) is 11.4. The molecule has 37 heavy (non-hydrogen) atoms. The highest BCUT2D eigenvalue weighted by molar-refractivity contribution is 5.97. The van der Waals surface area contributed by atoms with Gasteiger partial charge >= 0.3 is 6.36 Å². The van der Waals surface area contributed by atoms with Crippen molar-refractivity contribution in [2.45, 2.75) is 57.1 Å². The van der Waals surface area contributed by atoms with Crippen molar-refractivity contribution in [2.24, 2.45) is 10.9 Å². The number of halogens is 5. The van der Waals surface area contributed by atoms with E-state index in [2.05, 4.69) is 45.1 Å². The molecule has 4 rings (SSSR count). The van der Waals surface area contributed by atoms with Gasteiger partial charge in [-0.3, -0.25) is 5.32 Å². The predicted octanol–water partition coefficient (Wildman–Crippen LogP) is 5.58. The maximum absolute atomic E-state index is 12.6. The Hall–Kier alpha value is -2.20. The highest BCUT2D eigenvalue weighted by atomic mass is 35.5. The lowest BCUT2D eigenvalue weighted by atomic mass is 9.86. The molecule has 0 radical (unpaired) electrons. The van der Waals surface area contributed by atoms with Crippen molar-refractivity contribution >= 4 is 36.5 Å². The number of nitrogens with zero attached hydrogens (tertiary/aromatic N) is 1. The third-order valence-corrected chi connectivity index (χ3v) is 6.92. The molecule has 0 bridgehead atoms. The third-order valence-electron chi connectivity index (χ3n) is 6.92. The van der Waals surface area contributed by atoms with Gasteiger partial charge in [0, 0.05) is 11.3 Å². The number of nitrogens with one attached hydrogen (secondary N) is 4. The summed E-state index contributed by atoms with van der Waals surface area (Å²) in [6, 6.07) is 14.8. The lowest BCUT2D eigenvalue weighted by molar-refractivity contribution is -0.274. The number of aliphatic imine (C=N–C) groups is 1. The van der Waals surface area contributed by atoms with Crippen molar-refractivity contribution < 1.29 is 17.9 Å². The van der Waals surface area contributed by atoms with Gasteiger partial charge in [0.2, 0.25) is 0 Å². The zero-order valence-electron chi connectivity index (χ0n) is 21.0. The molecule has 0 amide bonds. The van der Waals surface area contributed by atoms with Crippen LogP contribution in [0.4, 0.5) is 18.9 Å². The van der Waals surface area contributed by atoms with Gasteiger partial charge in [0.15, 0.2) is 5.96 Å². The Morgan fingerprint density at radius 1 is 1.03 bits per heavy atom. The molecular weight excluding hydrogens is 526 g/mol. The number of fused-ring (bicyclic) bond motifs is 1. The number of benzene rings is 2. The Labute approximate surface area is 229 Å². The van der Waals surface area contributed by atoms with Gasteiger partial charge in [-0.05, 0) is 82.8 Å². The molecule has 6 nitrogen and oxygen atoms in total. The van der Waals surface area contributed by atoms with Gasteiger partial charge in [-0.25, -0.2) is 4.99 Å². The first kappa shape index (κ1) is 31.0. The lowest BCUT2D eigenvalue weighted by Gasteiger charge is -2.39. The second kappa shape index (κ2) is 13.6. The van der Waals surface area contributed by atoms with E-state index in [0.717, 1.165) is 49.4 Å². The van der Waals surface area contributed by atoms with Crippen molar-refractivity contribution in [3.63, 3.8) is 0 Å². The zero-order chi connectivity index (χ0) is 24.9. The largest absolute Gasteiger partial charge is 0.573 e. The standard InChI is InChI=1S/C26H34F3N5O.2ClH/c1-25(30-2)21-8-4-5-9-22(21)33-24(34-25)32-20-13-11-18(12-14-20)17-31-16-15-19-7-3-6-10-23(19)35-26(27,28)29;;/h3-10,18,20,30-31H,11-17H2,1-2H3,(H2,32,33,34);2*1H. The molecule has 206 valence electrons. The maximum Gasteiger partial charge on any atom is 0.573 e. The van der Waals surface area contributed by atoms with Crippen LogP contribution >= 0.6 is 24.8 Å². The van der Waals surface area contributed by atoms with E-state index in [0.29, 0.717) is 24.4 Å². The number of anilines is 1. The van der Waals surface area contributed by atoms with E-state index in [4.69, 9.17) is 4.99 Å². The summed E-state index contributed by atoms with van der Waals surface area (Å²) in [7, 11) is 1.94. The minimum Gasteiger partial charge on any atom is -0.406 e. The first-order chi connectivity index (χ1) is 16.8. The predicted molar refractivity (Wildman–Crippen MR) is 147 cm³/mol. The van der Waals surface area contributed by atoms with Gasteiger partial charge in [-0.15, -0.1) is 38.0 Å². The fourth-order valence-electron chi connectivity index (χ4n) is 4.88. The smallest absolute Gasteiger partial charge is 0.406 e. The van der Waals surface area contributed by atoms with Crippen LogP contribution in [-0.2, 0) is 12.1 Å². The summed E-state index contributed by atoms with van der Waals surface area (Å²) in [4.78, 5) is 4.97. The average Bonchev–Trinajstić information content (AvgIpc) is 2.83. The molecule has 0 aromatic heterocycles. The normalized spacial score (nSPS) is 24.1. The van der Waals surface area contributed by atoms with Crippen LogP contribution in [0.5, 0.6) is 5.75 Å². The number of ether oxygens (including phenoxy) is 1. The Bertz CT molecular complexity index is 1030. The van der Waals surface area contributed by atoms with Crippen molar-refractivity contribution in [1.29, 1.82) is 0 Å². The molecule has 4 N–H and O–H groups in total. The number of para-hydroxylation sites is 2. The van der Waals surface area contributed by atoms with E-state index >= 15 is 0 Å². The van der Waals surface area contributed by atoms with Crippen molar-refractivity contribution in [1.82, 2.24) is 16.0 Å². The Morgan fingerprint density at radius 2 is 1.70 bits per heavy atom. The van der Waals surface area contributed by atoms with Crippen LogP contribution in [0.1, 0.15) is 43.7 Å². The summed E-state index contributed by atoms with van der Waals surface area (Å²) >= 11 is 0. The van der Waals surface area contributed by atoms with Crippen LogP contribution < -0.4 is 26.0 Å². The van der Waals surface area contributed by atoms with Crippen LogP contribution in [0, 0.1) is 5.92 Å². The van der Waals surface area contributed by atoms with Crippen molar-refractivity contribution in [3.05, 3.63) is 59.7 Å². The SMILES string of the molecule is CNC1(C)NC(=NC2CCC(CNCCc3ccccc3OC(F)(F)F)CC2)Nc2ccccc21.Cl.Cl. The molecule has 1 aliphatic heterocycles. The van der Waals surface area contributed by atoms with Gasteiger partial charge in [0.1, 0.15) is 11.4 Å². The quantitative estimate of drug-likeness (QED) is 0.316. The number of hydrogen-bond donors (Lipinski definition) is 4. The average molecular weight is 563 g/mol. The molecule has 1 saturated carbocycles. The molecular formula is C26H36Cl2F3N5O. The fraction of sp³-hybridized carbons (Fsp3) is 0.500. The molecule has 1 unspecified atom stereocenters. The van der Waals surface area contributed by atoms with E-state index in [1.165, 1.54) is 6.07 Å². The summed E-state index contributed by atoms with van der Waals surface area (Å²) in [5, 5.41) is 13.7. The number of hydrogen-bond acceptors (Lipinski definition) is 4. The molecule has 1 fully saturated rings. The highest BCUT2D eigenvalue weighted by Gasteiger charge is 2.33. The van der Waals surface area contributed by atoms with E-state index in [9.17, 15) is 13.2 Å². The summed E-state index contributed by atoms with van der Waals surface area (Å²) in [5.41, 5.74) is 2.39. The minimum absolute atomic E-state index is 0. The minimum atomic E-state index is -4.68. The van der Waals surface area contributed by atoms with Gasteiger partial charge in [-0.1, -0.05) is 36.4 Å². The summed E-state index contributed by atoms with van der Waals surface area (Å²) in [6.07, 6.45) is -0.0233. The first-order valence-electron chi connectivity index (χ1n) is 12.2. The van der Waals surface area contributed by atoms with Crippen LogP contribution in [0.15, 0.2) is 53.5 Å². The second-order valence-electron chi connectivity index (χ2n) is 9.43. The number of alkyl halides is 3. The van der Waals surface area contributed by atoms with Crippen LogP contribution in [0.25, 0.3) is 0 Å². The van der Waals surface area contributed by atoms with Gasteiger partial charge < -0.3 is 20.7 Å². The summed E-state index contributed by atoms with van der Waals surface area (Å²) < 4.78 is 41.9. The monoisotopic (exact) mass is 561 g/mol. The van der Waals surface area contributed by atoms with Crippen LogP contribution in [0.2, 0.25) is 0 Å². The molecule has 1 heterocycles.